The van der Waals surface area contributed by atoms with E-state index in [0.29, 0.717) is 5.41 Å². The molecule has 0 aromatic rings. The van der Waals surface area contributed by atoms with Crippen LogP contribution in [0, 0.1) is 11.3 Å². The van der Waals surface area contributed by atoms with E-state index >= 15 is 0 Å². The summed E-state index contributed by atoms with van der Waals surface area (Å²) in [7, 11) is 0. The van der Waals surface area contributed by atoms with Crippen molar-refractivity contribution >= 4 is 11.8 Å². The summed E-state index contributed by atoms with van der Waals surface area (Å²) < 4.78 is 0. The van der Waals surface area contributed by atoms with Crippen LogP contribution < -0.4 is 10.6 Å². The van der Waals surface area contributed by atoms with Crippen LogP contribution in [0.1, 0.15) is 26.2 Å². The van der Waals surface area contributed by atoms with Gasteiger partial charge in [0.25, 0.3) is 0 Å². The van der Waals surface area contributed by atoms with Crippen molar-refractivity contribution in [3.63, 3.8) is 0 Å². The SMILES string of the molecule is CC(=O)N1CCN(CCNC(=O)C2CC23CCNCC3)CC1. The second-order valence-corrected chi connectivity index (χ2v) is 7.01. The molecule has 1 atom stereocenters. The third kappa shape index (κ3) is 3.43. The molecule has 1 spiro atoms. The van der Waals surface area contributed by atoms with Gasteiger partial charge in [-0.05, 0) is 37.8 Å². The first-order valence-electron chi connectivity index (χ1n) is 8.57. The highest BCUT2D eigenvalue weighted by molar-refractivity contribution is 5.82. The second-order valence-electron chi connectivity index (χ2n) is 7.01. The number of hydrogen-bond acceptors (Lipinski definition) is 4. The lowest BCUT2D eigenvalue weighted by atomic mass is 9.92. The van der Waals surface area contributed by atoms with Gasteiger partial charge in [0.05, 0.1) is 0 Å². The Morgan fingerprint density at radius 3 is 2.50 bits per heavy atom. The molecule has 2 saturated heterocycles. The molecule has 0 radical (unpaired) electrons. The van der Waals surface area contributed by atoms with Gasteiger partial charge in [0.15, 0.2) is 0 Å². The highest BCUT2D eigenvalue weighted by Gasteiger charge is 2.57. The molecule has 124 valence electrons. The third-order valence-corrected chi connectivity index (χ3v) is 5.65. The van der Waals surface area contributed by atoms with Gasteiger partial charge in [0, 0.05) is 52.1 Å². The summed E-state index contributed by atoms with van der Waals surface area (Å²) in [6.45, 7) is 8.80. The average molecular weight is 308 g/mol. The number of hydrogen-bond donors (Lipinski definition) is 2. The summed E-state index contributed by atoms with van der Waals surface area (Å²) in [5.41, 5.74) is 0.322. The van der Waals surface area contributed by atoms with Gasteiger partial charge in [0.1, 0.15) is 0 Å². The van der Waals surface area contributed by atoms with Crippen molar-refractivity contribution in [2.24, 2.45) is 11.3 Å². The maximum absolute atomic E-state index is 12.3. The van der Waals surface area contributed by atoms with Gasteiger partial charge >= 0.3 is 0 Å². The molecule has 1 unspecified atom stereocenters. The van der Waals surface area contributed by atoms with Gasteiger partial charge < -0.3 is 15.5 Å². The smallest absolute Gasteiger partial charge is 0.223 e. The van der Waals surface area contributed by atoms with E-state index in [1.165, 1.54) is 0 Å². The topological polar surface area (TPSA) is 64.7 Å². The third-order valence-electron chi connectivity index (χ3n) is 5.65. The number of piperazine rings is 1. The van der Waals surface area contributed by atoms with Gasteiger partial charge in [-0.25, -0.2) is 0 Å². The molecule has 6 nitrogen and oxygen atoms in total. The van der Waals surface area contributed by atoms with Crippen LogP contribution in [0.15, 0.2) is 0 Å². The molecule has 1 saturated carbocycles. The predicted molar refractivity (Wildman–Crippen MR) is 84.3 cm³/mol. The van der Waals surface area contributed by atoms with Crippen molar-refractivity contribution in [1.29, 1.82) is 0 Å². The molecule has 2 aliphatic heterocycles. The number of carbonyl (C=O) groups is 2. The standard InChI is InChI=1S/C16H28N4O2/c1-13(21)20-10-8-19(9-11-20)7-6-18-15(22)14-12-16(14)2-4-17-5-3-16/h14,17H,2-12H2,1H3,(H,18,22). The summed E-state index contributed by atoms with van der Waals surface area (Å²) in [4.78, 5) is 27.8. The van der Waals surface area contributed by atoms with E-state index in [2.05, 4.69) is 15.5 Å². The quantitative estimate of drug-likeness (QED) is 0.745. The van der Waals surface area contributed by atoms with Gasteiger partial charge in [0.2, 0.25) is 11.8 Å². The average Bonchev–Trinajstić information content (AvgIpc) is 3.21. The number of piperidine rings is 1. The minimum atomic E-state index is 0.161. The maximum Gasteiger partial charge on any atom is 0.223 e. The zero-order valence-corrected chi connectivity index (χ0v) is 13.6. The highest BCUT2D eigenvalue weighted by Crippen LogP contribution is 2.58. The number of amides is 2. The molecule has 3 rings (SSSR count). The number of carbonyl (C=O) groups excluding carboxylic acids is 2. The van der Waals surface area contributed by atoms with Crippen LogP contribution in [0.3, 0.4) is 0 Å². The Bertz CT molecular complexity index is 426. The molecule has 2 N–H and O–H groups in total. The fraction of sp³-hybridized carbons (Fsp3) is 0.875. The molecule has 22 heavy (non-hydrogen) atoms. The summed E-state index contributed by atoms with van der Waals surface area (Å²) in [5, 5.41) is 6.49. The van der Waals surface area contributed by atoms with Gasteiger partial charge in [-0.15, -0.1) is 0 Å². The molecule has 3 fully saturated rings. The van der Waals surface area contributed by atoms with E-state index in [1.807, 2.05) is 4.90 Å². The molecule has 2 amide bonds. The molecule has 2 heterocycles. The second kappa shape index (κ2) is 6.54. The Balaban J connectivity index is 1.32. The first kappa shape index (κ1) is 15.7. The van der Waals surface area contributed by atoms with E-state index in [0.717, 1.165) is 71.6 Å². The molecular weight excluding hydrogens is 280 g/mol. The van der Waals surface area contributed by atoms with Crippen molar-refractivity contribution in [2.75, 3.05) is 52.4 Å². The molecule has 3 aliphatic rings. The summed E-state index contributed by atoms with van der Waals surface area (Å²) >= 11 is 0. The monoisotopic (exact) mass is 308 g/mol. The normalized spacial score (nSPS) is 27.7. The van der Waals surface area contributed by atoms with Crippen LogP contribution in [0.25, 0.3) is 0 Å². The molecule has 0 bridgehead atoms. The van der Waals surface area contributed by atoms with Crippen LogP contribution in [-0.2, 0) is 9.59 Å². The van der Waals surface area contributed by atoms with Crippen molar-refractivity contribution < 1.29 is 9.59 Å². The maximum atomic E-state index is 12.3. The fourth-order valence-corrected chi connectivity index (χ4v) is 3.94. The van der Waals surface area contributed by atoms with Crippen LogP contribution in [0.2, 0.25) is 0 Å². The van der Waals surface area contributed by atoms with E-state index in [9.17, 15) is 9.59 Å². The first-order chi connectivity index (χ1) is 10.6. The van der Waals surface area contributed by atoms with Gasteiger partial charge in [-0.3, -0.25) is 14.5 Å². The number of rotatable bonds is 4. The Kier molecular flexibility index (Phi) is 4.68. The molecule has 0 aromatic carbocycles. The van der Waals surface area contributed by atoms with Crippen molar-refractivity contribution in [3.05, 3.63) is 0 Å². The van der Waals surface area contributed by atoms with Crippen LogP contribution >= 0.6 is 0 Å². The van der Waals surface area contributed by atoms with E-state index in [4.69, 9.17) is 0 Å². The highest BCUT2D eigenvalue weighted by atomic mass is 16.2. The lowest BCUT2D eigenvalue weighted by Gasteiger charge is -2.34. The zero-order chi connectivity index (χ0) is 15.6. The minimum absolute atomic E-state index is 0.161. The van der Waals surface area contributed by atoms with Crippen LogP contribution in [-0.4, -0.2) is 74.0 Å². The fourth-order valence-electron chi connectivity index (χ4n) is 3.94. The lowest BCUT2D eigenvalue weighted by Crippen LogP contribution is -2.49. The molecule has 6 heteroatoms. The Labute approximate surface area is 132 Å². The lowest BCUT2D eigenvalue weighted by molar-refractivity contribution is -0.130. The Hall–Kier alpha value is -1.14. The first-order valence-corrected chi connectivity index (χ1v) is 8.57. The number of nitrogens with one attached hydrogen (secondary N) is 2. The van der Waals surface area contributed by atoms with E-state index < -0.39 is 0 Å². The minimum Gasteiger partial charge on any atom is -0.355 e. The van der Waals surface area contributed by atoms with Gasteiger partial charge in [-0.1, -0.05) is 0 Å². The van der Waals surface area contributed by atoms with Crippen LogP contribution in [0.4, 0.5) is 0 Å². The molecule has 0 aromatic heterocycles. The summed E-state index contributed by atoms with van der Waals surface area (Å²) in [6.07, 6.45) is 3.38. The molecular formula is C16H28N4O2. The zero-order valence-electron chi connectivity index (χ0n) is 13.6. The van der Waals surface area contributed by atoms with Gasteiger partial charge in [-0.2, -0.15) is 0 Å². The predicted octanol–water partition coefficient (Wildman–Crippen LogP) is -0.344. The Morgan fingerprint density at radius 1 is 1.18 bits per heavy atom. The van der Waals surface area contributed by atoms with Crippen LogP contribution in [0.5, 0.6) is 0 Å². The largest absolute Gasteiger partial charge is 0.355 e. The summed E-state index contributed by atoms with van der Waals surface area (Å²) in [6, 6.07) is 0. The van der Waals surface area contributed by atoms with E-state index in [1.54, 1.807) is 6.92 Å². The van der Waals surface area contributed by atoms with Crippen molar-refractivity contribution in [1.82, 2.24) is 20.4 Å². The van der Waals surface area contributed by atoms with E-state index in [-0.39, 0.29) is 17.7 Å². The number of nitrogens with zero attached hydrogens (tertiary/aromatic N) is 2. The van der Waals surface area contributed by atoms with Crippen molar-refractivity contribution in [3.8, 4) is 0 Å². The Morgan fingerprint density at radius 2 is 1.86 bits per heavy atom. The van der Waals surface area contributed by atoms with Crippen molar-refractivity contribution in [2.45, 2.75) is 26.2 Å². The molecule has 1 aliphatic carbocycles. The summed E-state index contributed by atoms with van der Waals surface area (Å²) in [5.74, 6) is 0.669.